The van der Waals surface area contributed by atoms with Crippen LogP contribution in [-0.4, -0.2) is 19.1 Å². The minimum atomic E-state index is -0.378. The number of fused-ring (bicyclic) bond motifs is 1. The highest BCUT2D eigenvalue weighted by Gasteiger charge is 2.18. The highest BCUT2D eigenvalue weighted by atomic mass is 32.2. The van der Waals surface area contributed by atoms with Gasteiger partial charge >= 0.3 is 5.69 Å². The zero-order chi connectivity index (χ0) is 20.6. The van der Waals surface area contributed by atoms with Crippen LogP contribution in [0.1, 0.15) is 36.4 Å². The highest BCUT2D eigenvalue weighted by Crippen LogP contribution is 2.27. The monoisotopic (exact) mass is 398 g/mol. The number of aromatic nitrogens is 4. The molecule has 3 rings (SSSR count). The van der Waals surface area contributed by atoms with Crippen LogP contribution in [0.4, 0.5) is 0 Å². The van der Waals surface area contributed by atoms with Crippen molar-refractivity contribution in [2.75, 3.05) is 0 Å². The first-order valence-electron chi connectivity index (χ1n) is 9.34. The summed E-state index contributed by atoms with van der Waals surface area (Å²) in [5.41, 5.74) is 3.30. The van der Waals surface area contributed by atoms with Gasteiger partial charge < -0.3 is 0 Å². The van der Waals surface area contributed by atoms with Crippen LogP contribution in [0.5, 0.6) is 0 Å². The molecule has 6 nitrogen and oxygen atoms in total. The van der Waals surface area contributed by atoms with Gasteiger partial charge in [-0.1, -0.05) is 37.6 Å². The van der Waals surface area contributed by atoms with Gasteiger partial charge in [-0.3, -0.25) is 13.9 Å². The summed E-state index contributed by atoms with van der Waals surface area (Å²) in [5, 5.41) is 1.05. The van der Waals surface area contributed by atoms with Gasteiger partial charge in [0, 0.05) is 26.3 Å². The molecule has 0 fully saturated rings. The maximum atomic E-state index is 12.8. The van der Waals surface area contributed by atoms with Gasteiger partial charge in [-0.15, -0.1) is 11.8 Å². The quantitative estimate of drug-likeness (QED) is 0.488. The van der Waals surface area contributed by atoms with Crippen molar-refractivity contribution in [1.29, 1.82) is 0 Å². The minimum absolute atomic E-state index is 0.349. The molecule has 0 aliphatic carbocycles. The Morgan fingerprint density at radius 2 is 1.79 bits per heavy atom. The van der Waals surface area contributed by atoms with Crippen molar-refractivity contribution in [3.63, 3.8) is 0 Å². The van der Waals surface area contributed by atoms with E-state index < -0.39 is 0 Å². The van der Waals surface area contributed by atoms with Crippen LogP contribution in [0, 0.1) is 19.8 Å². The molecule has 0 saturated carbocycles. The van der Waals surface area contributed by atoms with E-state index in [1.165, 1.54) is 40.1 Å². The zero-order valence-corrected chi connectivity index (χ0v) is 18.1. The molecule has 0 bridgehead atoms. The molecular formula is C21H26N4O2S. The van der Waals surface area contributed by atoms with Crippen molar-refractivity contribution in [2.24, 2.45) is 20.0 Å². The molecule has 0 unspecified atom stereocenters. The molecule has 28 heavy (non-hydrogen) atoms. The number of hydrogen-bond donors (Lipinski definition) is 0. The van der Waals surface area contributed by atoms with Crippen LogP contribution >= 0.6 is 11.8 Å². The molecule has 0 atom stereocenters. The maximum absolute atomic E-state index is 12.8. The summed E-state index contributed by atoms with van der Waals surface area (Å²) in [6.07, 6.45) is 0.691. The number of nitrogens with zero attached hydrogens (tertiary/aromatic N) is 4. The molecule has 0 aliphatic rings. The minimum Gasteiger partial charge on any atom is -0.280 e. The standard InChI is InChI=1S/C21H26N4O2S/c1-12(2)9-16-22-18-17(20(26)25(6)21(27)24(18)5)19(23-16)28-11-15-10-13(3)7-8-14(15)4/h7-8,10,12H,9,11H2,1-6H3. The van der Waals surface area contributed by atoms with E-state index in [2.05, 4.69) is 50.9 Å². The Labute approximate surface area is 168 Å². The summed E-state index contributed by atoms with van der Waals surface area (Å²) < 4.78 is 2.56. The third-order valence-corrected chi connectivity index (χ3v) is 5.80. The van der Waals surface area contributed by atoms with Crippen LogP contribution in [0.3, 0.4) is 0 Å². The van der Waals surface area contributed by atoms with Crippen molar-refractivity contribution >= 4 is 22.8 Å². The van der Waals surface area contributed by atoms with Crippen molar-refractivity contribution in [3.05, 3.63) is 61.6 Å². The van der Waals surface area contributed by atoms with Crippen LogP contribution in [0.25, 0.3) is 11.0 Å². The topological polar surface area (TPSA) is 69.8 Å². The molecule has 0 radical (unpaired) electrons. The summed E-state index contributed by atoms with van der Waals surface area (Å²) in [5.74, 6) is 1.74. The van der Waals surface area contributed by atoms with Gasteiger partial charge in [0.25, 0.3) is 5.56 Å². The molecule has 2 heterocycles. The van der Waals surface area contributed by atoms with E-state index >= 15 is 0 Å². The summed E-state index contributed by atoms with van der Waals surface area (Å²) in [6.45, 7) is 8.35. The van der Waals surface area contributed by atoms with E-state index in [-0.39, 0.29) is 11.2 Å². The Morgan fingerprint density at radius 3 is 2.46 bits per heavy atom. The summed E-state index contributed by atoms with van der Waals surface area (Å²) in [4.78, 5) is 34.5. The molecule has 7 heteroatoms. The lowest BCUT2D eigenvalue weighted by molar-refractivity contribution is 0.613. The lowest BCUT2D eigenvalue weighted by Crippen LogP contribution is -2.38. The van der Waals surface area contributed by atoms with Crippen molar-refractivity contribution < 1.29 is 0 Å². The number of hydrogen-bond acceptors (Lipinski definition) is 5. The first-order valence-corrected chi connectivity index (χ1v) is 10.3. The Morgan fingerprint density at radius 1 is 1.07 bits per heavy atom. The Kier molecular flexibility index (Phi) is 5.74. The molecule has 0 saturated heterocycles. The van der Waals surface area contributed by atoms with E-state index in [9.17, 15) is 9.59 Å². The molecular weight excluding hydrogens is 372 g/mol. The van der Waals surface area contributed by atoms with Crippen LogP contribution in [0.15, 0.2) is 32.8 Å². The number of benzene rings is 1. The second kappa shape index (κ2) is 7.91. The first-order chi connectivity index (χ1) is 13.2. The molecule has 0 aliphatic heterocycles. The van der Waals surface area contributed by atoms with Crippen LogP contribution < -0.4 is 11.2 Å². The van der Waals surface area contributed by atoms with Gasteiger partial charge in [0.05, 0.1) is 0 Å². The predicted octanol–water partition coefficient (Wildman–Crippen LogP) is 3.13. The third-order valence-electron chi connectivity index (χ3n) is 4.77. The van der Waals surface area contributed by atoms with Gasteiger partial charge in [-0.05, 0) is 30.9 Å². The van der Waals surface area contributed by atoms with Gasteiger partial charge in [0.2, 0.25) is 0 Å². The zero-order valence-electron chi connectivity index (χ0n) is 17.2. The number of aryl methyl sites for hydroxylation is 3. The van der Waals surface area contributed by atoms with Crippen molar-refractivity contribution in [3.8, 4) is 0 Å². The first kappa shape index (κ1) is 20.3. The van der Waals surface area contributed by atoms with Gasteiger partial charge in [-0.2, -0.15) is 0 Å². The molecule has 148 valence electrons. The molecule has 0 amide bonds. The van der Waals surface area contributed by atoms with Gasteiger partial charge in [-0.25, -0.2) is 14.8 Å². The summed E-state index contributed by atoms with van der Waals surface area (Å²) in [7, 11) is 3.14. The Balaban J connectivity index is 2.17. The van der Waals surface area contributed by atoms with Crippen LogP contribution in [-0.2, 0) is 26.3 Å². The Bertz CT molecular complexity index is 1160. The Hall–Kier alpha value is -2.41. The van der Waals surface area contributed by atoms with E-state index in [4.69, 9.17) is 4.98 Å². The van der Waals surface area contributed by atoms with Crippen molar-refractivity contribution in [1.82, 2.24) is 19.1 Å². The smallest absolute Gasteiger partial charge is 0.280 e. The average Bonchev–Trinajstić information content (AvgIpc) is 2.64. The fraction of sp³-hybridized carbons (Fsp3) is 0.429. The molecule has 2 aromatic heterocycles. The normalized spacial score (nSPS) is 11.5. The molecule has 3 aromatic rings. The molecule has 1 aromatic carbocycles. The largest absolute Gasteiger partial charge is 0.332 e. The fourth-order valence-electron chi connectivity index (χ4n) is 3.13. The van der Waals surface area contributed by atoms with E-state index in [1.54, 1.807) is 7.05 Å². The van der Waals surface area contributed by atoms with E-state index in [0.717, 1.165) is 4.57 Å². The molecule has 0 spiro atoms. The number of rotatable bonds is 5. The van der Waals surface area contributed by atoms with Gasteiger partial charge in [0.15, 0.2) is 5.65 Å². The van der Waals surface area contributed by atoms with E-state index in [0.29, 0.717) is 40.0 Å². The lowest BCUT2D eigenvalue weighted by Gasteiger charge is -2.13. The fourth-order valence-corrected chi connectivity index (χ4v) is 4.23. The second-order valence-corrected chi connectivity index (χ2v) is 8.63. The lowest BCUT2D eigenvalue weighted by atomic mass is 10.1. The summed E-state index contributed by atoms with van der Waals surface area (Å²) >= 11 is 1.52. The van der Waals surface area contributed by atoms with E-state index in [1.807, 2.05) is 0 Å². The predicted molar refractivity (Wildman–Crippen MR) is 114 cm³/mol. The highest BCUT2D eigenvalue weighted by molar-refractivity contribution is 7.98. The number of thioether (sulfide) groups is 1. The van der Waals surface area contributed by atoms with Gasteiger partial charge in [0.1, 0.15) is 16.2 Å². The maximum Gasteiger partial charge on any atom is 0.332 e. The second-order valence-electron chi connectivity index (χ2n) is 7.67. The van der Waals surface area contributed by atoms with Crippen LogP contribution in [0.2, 0.25) is 0 Å². The SMILES string of the molecule is Cc1ccc(C)c(CSc2nc(CC(C)C)nc3c2c(=O)n(C)c(=O)n3C)c1. The summed E-state index contributed by atoms with van der Waals surface area (Å²) in [6, 6.07) is 6.36. The third kappa shape index (κ3) is 3.90. The van der Waals surface area contributed by atoms with Crippen molar-refractivity contribution in [2.45, 2.75) is 44.9 Å². The average molecular weight is 399 g/mol. The molecule has 0 N–H and O–H groups in total.